The van der Waals surface area contributed by atoms with E-state index in [4.69, 9.17) is 0 Å². The van der Waals surface area contributed by atoms with Crippen molar-refractivity contribution >= 4 is 15.9 Å². The zero-order valence-corrected chi connectivity index (χ0v) is 15.0. The van der Waals surface area contributed by atoms with Gasteiger partial charge in [-0.2, -0.15) is 13.2 Å². The molecule has 2 aromatic rings. The van der Waals surface area contributed by atoms with Crippen molar-refractivity contribution in [2.45, 2.75) is 17.5 Å². The zero-order valence-electron chi connectivity index (χ0n) is 14.2. The molecule has 0 aliphatic heterocycles. The molecule has 0 bridgehead atoms. The van der Waals surface area contributed by atoms with Crippen LogP contribution in [0.1, 0.15) is 15.9 Å². The summed E-state index contributed by atoms with van der Waals surface area (Å²) >= 11 is 0. The van der Waals surface area contributed by atoms with Gasteiger partial charge in [0.1, 0.15) is 18.2 Å². The summed E-state index contributed by atoms with van der Waals surface area (Å²) in [5, 5.41) is 1.64. The molecule has 0 aliphatic carbocycles. The quantitative estimate of drug-likeness (QED) is 0.674. The van der Waals surface area contributed by atoms with Crippen LogP contribution in [0.5, 0.6) is 0 Å². The fourth-order valence-corrected chi connectivity index (χ4v) is 3.29. The van der Waals surface area contributed by atoms with Crippen LogP contribution in [0, 0.1) is 11.6 Å². The second-order valence-electron chi connectivity index (χ2n) is 5.71. The average Bonchev–Trinajstić information content (AvgIpc) is 2.61. The Hall–Kier alpha value is -2.53. The number of nitrogens with one attached hydrogen (secondary N) is 2. The van der Waals surface area contributed by atoms with Gasteiger partial charge in [-0.3, -0.25) is 4.79 Å². The highest BCUT2D eigenvalue weighted by Crippen LogP contribution is 2.15. The molecule has 2 rings (SSSR count). The first-order valence-corrected chi connectivity index (χ1v) is 9.35. The van der Waals surface area contributed by atoms with Crippen LogP contribution in [0.25, 0.3) is 0 Å². The lowest BCUT2D eigenvalue weighted by Crippen LogP contribution is -2.34. The first-order valence-electron chi connectivity index (χ1n) is 7.86. The van der Waals surface area contributed by atoms with E-state index >= 15 is 0 Å². The molecule has 2 aromatic carbocycles. The molecule has 2 N–H and O–H groups in total. The summed E-state index contributed by atoms with van der Waals surface area (Å²) in [5.41, 5.74) is -0.166. The molecule has 0 atom stereocenters. The number of halogens is 5. The molecule has 0 saturated carbocycles. The molecule has 5 nitrogen and oxygen atoms in total. The molecule has 28 heavy (non-hydrogen) atoms. The van der Waals surface area contributed by atoms with Crippen LogP contribution in [0.3, 0.4) is 0 Å². The first-order chi connectivity index (χ1) is 13.0. The number of carbonyl (C=O) groups excluding carboxylic acids is 1. The van der Waals surface area contributed by atoms with E-state index < -0.39 is 40.3 Å². The number of rotatable bonds is 7. The molecule has 0 saturated heterocycles. The predicted octanol–water partition coefficient (Wildman–Crippen LogP) is 2.78. The van der Waals surface area contributed by atoms with Crippen molar-refractivity contribution in [3.05, 3.63) is 65.2 Å². The van der Waals surface area contributed by atoms with E-state index in [2.05, 4.69) is 4.72 Å². The van der Waals surface area contributed by atoms with Crippen molar-refractivity contribution in [2.24, 2.45) is 0 Å². The number of sulfonamides is 1. The second-order valence-corrected chi connectivity index (χ2v) is 7.48. The number of benzene rings is 2. The highest BCUT2D eigenvalue weighted by atomic mass is 32.2. The highest BCUT2D eigenvalue weighted by Gasteiger charge is 2.28. The van der Waals surface area contributed by atoms with Gasteiger partial charge in [-0.25, -0.2) is 21.9 Å². The van der Waals surface area contributed by atoms with Crippen molar-refractivity contribution < 1.29 is 35.2 Å². The number of amides is 1. The lowest BCUT2D eigenvalue weighted by Gasteiger charge is -2.10. The maximum Gasteiger partial charge on any atom is 0.405 e. The molecular formula is C17H15F5N2O3S. The van der Waals surface area contributed by atoms with Crippen molar-refractivity contribution in [1.82, 2.24) is 10.0 Å². The first kappa shape index (κ1) is 21.8. The maximum atomic E-state index is 13.5. The van der Waals surface area contributed by atoms with Gasteiger partial charge >= 0.3 is 6.18 Å². The number of alkyl halides is 3. The summed E-state index contributed by atoms with van der Waals surface area (Å²) in [4.78, 5) is 11.4. The molecule has 0 fully saturated rings. The van der Waals surface area contributed by atoms with E-state index in [1.54, 1.807) is 5.32 Å². The third kappa shape index (κ3) is 6.27. The van der Waals surface area contributed by atoms with Crippen molar-refractivity contribution in [2.75, 3.05) is 13.1 Å². The molecular weight excluding hydrogens is 407 g/mol. The monoisotopic (exact) mass is 422 g/mol. The minimum absolute atomic E-state index is 0.0584. The van der Waals surface area contributed by atoms with Gasteiger partial charge in [-0.15, -0.1) is 0 Å². The van der Waals surface area contributed by atoms with Gasteiger partial charge in [0.25, 0.3) is 5.91 Å². The van der Waals surface area contributed by atoms with E-state index in [0.29, 0.717) is 6.07 Å². The third-order valence-electron chi connectivity index (χ3n) is 3.56. The zero-order chi connectivity index (χ0) is 20.9. The van der Waals surface area contributed by atoms with Crippen LogP contribution in [0.2, 0.25) is 0 Å². The molecule has 0 radical (unpaired) electrons. The Morgan fingerprint density at radius 1 is 1.04 bits per heavy atom. The number of carbonyl (C=O) groups is 1. The van der Waals surface area contributed by atoms with E-state index in [0.717, 1.165) is 18.2 Å². The highest BCUT2D eigenvalue weighted by molar-refractivity contribution is 7.89. The van der Waals surface area contributed by atoms with Crippen LogP contribution in [-0.4, -0.2) is 33.6 Å². The largest absolute Gasteiger partial charge is 0.405 e. The van der Waals surface area contributed by atoms with Crippen LogP contribution in [0.4, 0.5) is 22.0 Å². The van der Waals surface area contributed by atoms with Crippen molar-refractivity contribution in [1.29, 1.82) is 0 Å². The molecule has 0 spiro atoms. The lowest BCUT2D eigenvalue weighted by molar-refractivity contribution is -0.123. The van der Waals surface area contributed by atoms with Gasteiger partial charge in [-0.1, -0.05) is 12.1 Å². The second kappa shape index (κ2) is 8.65. The Bertz CT molecular complexity index is 962. The third-order valence-corrected chi connectivity index (χ3v) is 5.02. The number of hydrogen-bond acceptors (Lipinski definition) is 3. The van der Waals surface area contributed by atoms with Gasteiger partial charge in [0.2, 0.25) is 10.0 Å². The molecule has 11 heteroatoms. The molecule has 0 heterocycles. The Morgan fingerprint density at radius 2 is 1.75 bits per heavy atom. The van der Waals surface area contributed by atoms with Crippen LogP contribution in [0.15, 0.2) is 47.4 Å². The summed E-state index contributed by atoms with van der Waals surface area (Å²) in [5.74, 6) is -2.66. The predicted molar refractivity (Wildman–Crippen MR) is 90.1 cm³/mol. The lowest BCUT2D eigenvalue weighted by atomic mass is 10.1. The summed E-state index contributed by atoms with van der Waals surface area (Å²) in [6.45, 7) is -1.76. The van der Waals surface area contributed by atoms with Gasteiger partial charge in [0.05, 0.1) is 4.90 Å². The minimum Gasteiger partial charge on any atom is -0.343 e. The van der Waals surface area contributed by atoms with Gasteiger partial charge in [0, 0.05) is 18.2 Å². The van der Waals surface area contributed by atoms with Crippen molar-refractivity contribution in [3.8, 4) is 0 Å². The SMILES string of the molecule is O=C(NCC(F)(F)F)c1cccc(S(=O)(=O)NCCc2ccc(F)cc2F)c1. The smallest absolute Gasteiger partial charge is 0.343 e. The fourth-order valence-electron chi connectivity index (χ4n) is 2.21. The Balaban J connectivity index is 2.03. The normalized spacial score (nSPS) is 12.0. The standard InChI is InChI=1S/C17H15F5N2O3S/c18-13-5-4-11(15(19)9-13)6-7-24-28(26,27)14-3-1-2-12(8-14)16(25)23-10-17(20,21)22/h1-5,8-9,24H,6-7,10H2,(H,23,25). The summed E-state index contributed by atoms with van der Waals surface area (Å²) < 4.78 is 89.6. The topological polar surface area (TPSA) is 75.3 Å². The van der Waals surface area contributed by atoms with Gasteiger partial charge in [-0.05, 0) is 36.2 Å². The molecule has 0 aromatic heterocycles. The van der Waals surface area contributed by atoms with Crippen LogP contribution in [-0.2, 0) is 16.4 Å². The Morgan fingerprint density at radius 3 is 2.39 bits per heavy atom. The average molecular weight is 422 g/mol. The fraction of sp³-hybridized carbons (Fsp3) is 0.235. The van der Waals surface area contributed by atoms with Gasteiger partial charge < -0.3 is 5.32 Å². The van der Waals surface area contributed by atoms with E-state index in [-0.39, 0.29) is 29.0 Å². The summed E-state index contributed by atoms with van der Waals surface area (Å²) in [6.07, 6.45) is -4.66. The summed E-state index contributed by atoms with van der Waals surface area (Å²) in [7, 11) is -4.10. The Labute approximate surface area is 157 Å². The van der Waals surface area contributed by atoms with Crippen LogP contribution >= 0.6 is 0 Å². The maximum absolute atomic E-state index is 13.5. The van der Waals surface area contributed by atoms with E-state index in [9.17, 15) is 35.2 Å². The minimum atomic E-state index is -4.60. The number of hydrogen-bond donors (Lipinski definition) is 2. The molecule has 0 aliphatic rings. The molecule has 0 unspecified atom stereocenters. The van der Waals surface area contributed by atoms with Crippen LogP contribution < -0.4 is 10.0 Å². The van der Waals surface area contributed by atoms with E-state index in [1.165, 1.54) is 18.2 Å². The summed E-state index contributed by atoms with van der Waals surface area (Å²) in [6, 6.07) is 7.34. The molecule has 1 amide bonds. The Kier molecular flexibility index (Phi) is 6.73. The van der Waals surface area contributed by atoms with Gasteiger partial charge in [0.15, 0.2) is 0 Å². The van der Waals surface area contributed by atoms with Crippen molar-refractivity contribution in [3.63, 3.8) is 0 Å². The molecule has 152 valence electrons. The van der Waals surface area contributed by atoms with E-state index in [1.807, 2.05) is 0 Å².